The molecule has 0 unspecified atom stereocenters. The van der Waals surface area contributed by atoms with E-state index in [4.69, 9.17) is 5.11 Å². The van der Waals surface area contributed by atoms with Crippen LogP contribution in [-0.4, -0.2) is 46.8 Å². The first-order valence-electron chi connectivity index (χ1n) is 5.39. The summed E-state index contributed by atoms with van der Waals surface area (Å²) < 4.78 is 0. The van der Waals surface area contributed by atoms with Crippen LogP contribution < -0.4 is 5.32 Å². The second-order valence-electron chi connectivity index (χ2n) is 4.26. The highest BCUT2D eigenvalue weighted by Gasteiger charge is 2.30. The molecule has 6 nitrogen and oxygen atoms in total. The second kappa shape index (κ2) is 4.21. The molecular weight excluding hydrogens is 210 g/mol. The third kappa shape index (κ3) is 2.21. The number of hydrogen-bond acceptors (Lipinski definition) is 4. The molecule has 16 heavy (non-hydrogen) atoms. The molecule has 0 bridgehead atoms. The van der Waals surface area contributed by atoms with E-state index in [1.165, 1.54) is 5.01 Å². The van der Waals surface area contributed by atoms with Crippen molar-refractivity contribution >= 4 is 17.5 Å². The number of carbonyl (C=O) groups is 2. The van der Waals surface area contributed by atoms with Crippen LogP contribution in [0.1, 0.15) is 25.7 Å². The predicted molar refractivity (Wildman–Crippen MR) is 56.6 cm³/mol. The van der Waals surface area contributed by atoms with Gasteiger partial charge in [-0.05, 0) is 12.8 Å². The number of nitrogens with one attached hydrogen (secondary N) is 1. The molecule has 0 aromatic heterocycles. The van der Waals surface area contributed by atoms with Crippen LogP contribution in [0.25, 0.3) is 0 Å². The summed E-state index contributed by atoms with van der Waals surface area (Å²) in [6.07, 6.45) is 1.64. The van der Waals surface area contributed by atoms with Gasteiger partial charge in [-0.15, -0.1) is 0 Å². The van der Waals surface area contributed by atoms with E-state index in [9.17, 15) is 9.59 Å². The number of carbonyl (C=O) groups excluding carboxylic acids is 2. The number of rotatable bonds is 2. The SMILES string of the molecule is CN1N=C(C(=O)NC2CC(O)C2)CCC1=O. The third-order valence-electron chi connectivity index (χ3n) is 2.92. The van der Waals surface area contributed by atoms with Crippen molar-refractivity contribution in [2.75, 3.05) is 7.05 Å². The lowest BCUT2D eigenvalue weighted by Crippen LogP contribution is -2.49. The Labute approximate surface area is 93.3 Å². The first kappa shape index (κ1) is 11.1. The molecule has 0 radical (unpaired) electrons. The van der Waals surface area contributed by atoms with Gasteiger partial charge in [0.15, 0.2) is 0 Å². The summed E-state index contributed by atoms with van der Waals surface area (Å²) in [5.41, 5.74) is 0.392. The molecule has 1 aliphatic carbocycles. The lowest BCUT2D eigenvalue weighted by atomic mass is 9.89. The quantitative estimate of drug-likeness (QED) is 0.647. The summed E-state index contributed by atoms with van der Waals surface area (Å²) in [5, 5.41) is 17.0. The molecule has 2 rings (SSSR count). The third-order valence-corrected chi connectivity index (χ3v) is 2.92. The smallest absolute Gasteiger partial charge is 0.267 e. The molecule has 0 aromatic rings. The van der Waals surface area contributed by atoms with Gasteiger partial charge < -0.3 is 10.4 Å². The van der Waals surface area contributed by atoms with Gasteiger partial charge in [-0.3, -0.25) is 9.59 Å². The topological polar surface area (TPSA) is 82.0 Å². The van der Waals surface area contributed by atoms with E-state index in [0.29, 0.717) is 31.4 Å². The van der Waals surface area contributed by atoms with Gasteiger partial charge in [-0.1, -0.05) is 0 Å². The van der Waals surface area contributed by atoms with E-state index >= 15 is 0 Å². The Kier molecular flexibility index (Phi) is 2.91. The molecule has 1 heterocycles. The molecule has 2 aliphatic rings. The lowest BCUT2D eigenvalue weighted by molar-refractivity contribution is -0.130. The molecule has 0 atom stereocenters. The fourth-order valence-corrected chi connectivity index (χ4v) is 1.81. The Morgan fingerprint density at radius 3 is 2.75 bits per heavy atom. The van der Waals surface area contributed by atoms with Gasteiger partial charge in [0.05, 0.1) is 6.10 Å². The highest BCUT2D eigenvalue weighted by molar-refractivity contribution is 6.39. The van der Waals surface area contributed by atoms with Crippen LogP contribution in [0.3, 0.4) is 0 Å². The molecule has 0 saturated heterocycles. The van der Waals surface area contributed by atoms with Crippen molar-refractivity contribution in [3.8, 4) is 0 Å². The maximum absolute atomic E-state index is 11.7. The van der Waals surface area contributed by atoms with Crippen LogP contribution >= 0.6 is 0 Å². The Morgan fingerprint density at radius 1 is 1.50 bits per heavy atom. The first-order valence-corrected chi connectivity index (χ1v) is 5.39. The Bertz CT molecular complexity index is 347. The van der Waals surface area contributed by atoms with Crippen molar-refractivity contribution in [2.45, 2.75) is 37.8 Å². The lowest BCUT2D eigenvalue weighted by Gasteiger charge is -2.32. The number of nitrogens with zero attached hydrogens (tertiary/aromatic N) is 2. The Hall–Kier alpha value is -1.43. The van der Waals surface area contributed by atoms with Crippen molar-refractivity contribution in [1.82, 2.24) is 10.3 Å². The minimum absolute atomic E-state index is 0.0492. The van der Waals surface area contributed by atoms with E-state index in [1.807, 2.05) is 0 Å². The van der Waals surface area contributed by atoms with E-state index < -0.39 is 0 Å². The van der Waals surface area contributed by atoms with E-state index in [-0.39, 0.29) is 24.0 Å². The molecule has 1 saturated carbocycles. The molecule has 1 aliphatic heterocycles. The summed E-state index contributed by atoms with van der Waals surface area (Å²) in [5.74, 6) is -0.299. The number of hydrogen-bond donors (Lipinski definition) is 2. The Balaban J connectivity index is 1.90. The maximum atomic E-state index is 11.7. The van der Waals surface area contributed by atoms with Crippen molar-refractivity contribution < 1.29 is 14.7 Å². The van der Waals surface area contributed by atoms with Gasteiger partial charge >= 0.3 is 0 Å². The van der Waals surface area contributed by atoms with E-state index in [1.54, 1.807) is 7.05 Å². The summed E-state index contributed by atoms with van der Waals surface area (Å²) in [7, 11) is 1.54. The predicted octanol–water partition coefficient (Wildman–Crippen LogP) is -0.766. The van der Waals surface area contributed by atoms with E-state index in [0.717, 1.165) is 0 Å². The zero-order valence-electron chi connectivity index (χ0n) is 9.14. The number of aliphatic hydroxyl groups is 1. The standard InChI is InChI=1S/C10H15N3O3/c1-13-9(15)3-2-8(12-13)10(16)11-6-4-7(14)5-6/h6-7,14H,2-5H2,1H3,(H,11,16). The summed E-state index contributed by atoms with van der Waals surface area (Å²) in [6, 6.07) is 0.0492. The largest absolute Gasteiger partial charge is 0.393 e. The average molecular weight is 225 g/mol. The molecule has 88 valence electrons. The van der Waals surface area contributed by atoms with Crippen LogP contribution in [0.5, 0.6) is 0 Å². The van der Waals surface area contributed by atoms with Crippen molar-refractivity contribution in [3.05, 3.63) is 0 Å². The van der Waals surface area contributed by atoms with Crippen LogP contribution in [0.4, 0.5) is 0 Å². The molecule has 0 aromatic carbocycles. The number of hydrazone groups is 1. The van der Waals surface area contributed by atoms with Crippen molar-refractivity contribution in [3.63, 3.8) is 0 Å². The minimum atomic E-state index is -0.289. The summed E-state index contributed by atoms with van der Waals surface area (Å²) in [4.78, 5) is 22.8. The van der Waals surface area contributed by atoms with Gasteiger partial charge in [0.1, 0.15) is 5.71 Å². The summed E-state index contributed by atoms with van der Waals surface area (Å²) >= 11 is 0. The first-order chi connectivity index (χ1) is 7.56. The zero-order chi connectivity index (χ0) is 11.7. The minimum Gasteiger partial charge on any atom is -0.393 e. The number of amides is 2. The Morgan fingerprint density at radius 2 is 2.19 bits per heavy atom. The molecule has 2 amide bonds. The normalized spacial score (nSPS) is 29.5. The molecule has 2 N–H and O–H groups in total. The van der Waals surface area contributed by atoms with Crippen LogP contribution in [0.15, 0.2) is 5.10 Å². The van der Waals surface area contributed by atoms with Gasteiger partial charge in [0.25, 0.3) is 5.91 Å². The van der Waals surface area contributed by atoms with Crippen LogP contribution in [0, 0.1) is 0 Å². The fourth-order valence-electron chi connectivity index (χ4n) is 1.81. The maximum Gasteiger partial charge on any atom is 0.267 e. The fraction of sp³-hybridized carbons (Fsp3) is 0.700. The highest BCUT2D eigenvalue weighted by Crippen LogP contribution is 2.19. The van der Waals surface area contributed by atoms with Gasteiger partial charge in [-0.2, -0.15) is 5.10 Å². The van der Waals surface area contributed by atoms with Crippen molar-refractivity contribution in [2.24, 2.45) is 5.10 Å². The molecule has 0 spiro atoms. The molecular formula is C10H15N3O3. The summed E-state index contributed by atoms with van der Waals surface area (Å²) in [6.45, 7) is 0. The van der Waals surface area contributed by atoms with Crippen LogP contribution in [-0.2, 0) is 9.59 Å². The van der Waals surface area contributed by atoms with Crippen molar-refractivity contribution in [1.29, 1.82) is 0 Å². The molecule has 6 heteroatoms. The zero-order valence-corrected chi connectivity index (χ0v) is 9.14. The average Bonchev–Trinajstić information content (AvgIpc) is 2.19. The molecule has 1 fully saturated rings. The van der Waals surface area contributed by atoms with E-state index in [2.05, 4.69) is 10.4 Å². The van der Waals surface area contributed by atoms with Crippen LogP contribution in [0.2, 0.25) is 0 Å². The monoisotopic (exact) mass is 225 g/mol. The highest BCUT2D eigenvalue weighted by atomic mass is 16.3. The van der Waals surface area contributed by atoms with Gasteiger partial charge in [-0.25, -0.2) is 5.01 Å². The van der Waals surface area contributed by atoms with Gasteiger partial charge in [0, 0.05) is 25.9 Å². The number of aliphatic hydroxyl groups excluding tert-OH is 1. The van der Waals surface area contributed by atoms with Gasteiger partial charge in [0.2, 0.25) is 5.91 Å². The second-order valence-corrected chi connectivity index (χ2v) is 4.26.